The van der Waals surface area contributed by atoms with E-state index in [4.69, 9.17) is 10.5 Å². The number of nitrogens with two attached hydrogens (primary N) is 1. The summed E-state index contributed by atoms with van der Waals surface area (Å²) in [6.07, 6.45) is 0.136. The van der Waals surface area contributed by atoms with Crippen LogP contribution in [-0.2, 0) is 0 Å². The topological polar surface area (TPSA) is 177 Å². The summed E-state index contributed by atoms with van der Waals surface area (Å²) >= 11 is 0. The van der Waals surface area contributed by atoms with E-state index in [0.29, 0.717) is 25.1 Å². The third kappa shape index (κ3) is 4.09. The molecule has 3 rings (SSSR count). The van der Waals surface area contributed by atoms with Crippen LogP contribution < -0.4 is 10.5 Å². The van der Waals surface area contributed by atoms with Crippen molar-refractivity contribution in [2.24, 2.45) is 5.73 Å². The molecule has 0 radical (unpaired) electrons. The van der Waals surface area contributed by atoms with E-state index >= 15 is 0 Å². The molecule has 1 aromatic carbocycles. The number of aromatic hydroxyl groups is 1. The van der Waals surface area contributed by atoms with Crippen molar-refractivity contribution in [2.45, 2.75) is 29.8 Å². The Morgan fingerprint density at radius 1 is 1.29 bits per heavy atom. The van der Waals surface area contributed by atoms with Crippen molar-refractivity contribution in [3.05, 3.63) is 23.3 Å². The van der Waals surface area contributed by atoms with Gasteiger partial charge in [-0.2, -0.15) is 0 Å². The molecule has 154 valence electrons. The molecule has 10 nitrogen and oxygen atoms in total. The highest BCUT2D eigenvalue weighted by atomic mass is 16.5. The van der Waals surface area contributed by atoms with E-state index in [2.05, 4.69) is 0 Å². The van der Waals surface area contributed by atoms with Crippen molar-refractivity contribution in [2.75, 3.05) is 32.8 Å². The van der Waals surface area contributed by atoms with Crippen LogP contribution >= 0.6 is 0 Å². The van der Waals surface area contributed by atoms with E-state index < -0.39 is 30.2 Å². The zero-order valence-electron chi connectivity index (χ0n) is 15.2. The number of aromatic carboxylic acids is 1. The molecule has 1 saturated heterocycles. The first kappa shape index (κ1) is 20.8. The molecule has 0 bridgehead atoms. The van der Waals surface area contributed by atoms with Gasteiger partial charge < -0.3 is 40.9 Å². The fourth-order valence-corrected chi connectivity index (χ4v) is 3.60. The number of nitrogens with zero attached hydrogens (tertiary/aromatic N) is 1. The minimum atomic E-state index is -1.51. The minimum absolute atomic E-state index is 0.0310. The zero-order valence-corrected chi connectivity index (χ0v) is 15.2. The summed E-state index contributed by atoms with van der Waals surface area (Å²) in [5, 5.41) is 56.9. The first-order valence-electron chi connectivity index (χ1n) is 9.04. The van der Waals surface area contributed by atoms with E-state index in [1.54, 1.807) is 6.07 Å². The monoisotopic (exact) mass is 396 g/mol. The summed E-state index contributed by atoms with van der Waals surface area (Å²) in [7, 11) is -1.51. The highest BCUT2D eigenvalue weighted by molar-refractivity contribution is 6.44. The molecule has 1 aliphatic heterocycles. The van der Waals surface area contributed by atoms with Gasteiger partial charge in [0.15, 0.2) is 0 Å². The molecule has 0 aromatic heterocycles. The predicted octanol–water partition coefficient (Wildman–Crippen LogP) is -1.83. The SMILES string of the molecule is NC(CO)(CO)CN1CC(Oc2ccc(C3C[C@@H]3B(O)O)c(O)c2C(=O)O)C1. The Balaban J connectivity index is 1.67. The molecular formula is C17H25BN2O8. The largest absolute Gasteiger partial charge is 0.507 e. The van der Waals surface area contributed by atoms with E-state index in [1.165, 1.54) is 6.07 Å². The third-order valence-electron chi connectivity index (χ3n) is 5.39. The predicted molar refractivity (Wildman–Crippen MR) is 98.3 cm³/mol. The van der Waals surface area contributed by atoms with E-state index in [0.717, 1.165) is 0 Å². The Kier molecular flexibility index (Phi) is 5.85. The molecule has 0 spiro atoms. The van der Waals surface area contributed by atoms with Gasteiger partial charge in [-0.25, -0.2) is 4.79 Å². The summed E-state index contributed by atoms with van der Waals surface area (Å²) in [6.45, 7) is 0.398. The molecule has 8 N–H and O–H groups in total. The van der Waals surface area contributed by atoms with Crippen LogP contribution in [0.25, 0.3) is 0 Å². The van der Waals surface area contributed by atoms with Crippen LogP contribution in [0.4, 0.5) is 0 Å². The van der Waals surface area contributed by atoms with Gasteiger partial charge in [-0.15, -0.1) is 0 Å². The highest BCUT2D eigenvalue weighted by Gasteiger charge is 2.48. The van der Waals surface area contributed by atoms with Crippen LogP contribution in [0, 0.1) is 0 Å². The Morgan fingerprint density at radius 2 is 1.93 bits per heavy atom. The fourth-order valence-electron chi connectivity index (χ4n) is 3.60. The summed E-state index contributed by atoms with van der Waals surface area (Å²) in [4.78, 5) is 13.5. The Labute approximate surface area is 161 Å². The molecule has 1 aliphatic carbocycles. The van der Waals surface area contributed by atoms with Gasteiger partial charge in [0.2, 0.25) is 0 Å². The average Bonchev–Trinajstić information content (AvgIpc) is 3.40. The summed E-state index contributed by atoms with van der Waals surface area (Å²) in [6, 6.07) is 3.01. The molecule has 1 unspecified atom stereocenters. The second-order valence-electron chi connectivity index (χ2n) is 7.71. The second kappa shape index (κ2) is 7.86. The van der Waals surface area contributed by atoms with E-state index in [1.807, 2.05) is 4.90 Å². The van der Waals surface area contributed by atoms with Gasteiger partial charge in [0.05, 0.1) is 18.8 Å². The van der Waals surface area contributed by atoms with Crippen LogP contribution in [0.1, 0.15) is 28.3 Å². The zero-order chi connectivity index (χ0) is 20.6. The van der Waals surface area contributed by atoms with E-state index in [-0.39, 0.29) is 43.1 Å². The number of likely N-dealkylation sites (tertiary alicyclic amines) is 1. The summed E-state index contributed by atoms with van der Waals surface area (Å²) in [5.41, 5.74) is 4.73. The Hall–Kier alpha value is -1.89. The number of aliphatic hydroxyl groups is 2. The lowest BCUT2D eigenvalue weighted by atomic mass is 9.81. The molecule has 28 heavy (non-hydrogen) atoms. The first-order chi connectivity index (χ1) is 13.2. The summed E-state index contributed by atoms with van der Waals surface area (Å²) in [5.74, 6) is -2.46. The molecular weight excluding hydrogens is 371 g/mol. The minimum Gasteiger partial charge on any atom is -0.507 e. The number of carbonyl (C=O) groups is 1. The van der Waals surface area contributed by atoms with Crippen LogP contribution in [0.3, 0.4) is 0 Å². The van der Waals surface area contributed by atoms with Crippen LogP contribution in [0.5, 0.6) is 11.5 Å². The quantitative estimate of drug-likeness (QED) is 0.235. The van der Waals surface area contributed by atoms with Gasteiger partial charge in [-0.3, -0.25) is 4.90 Å². The third-order valence-corrected chi connectivity index (χ3v) is 5.39. The molecule has 1 aromatic rings. The number of benzene rings is 1. The molecule has 2 fully saturated rings. The normalized spacial score (nSPS) is 22.6. The lowest BCUT2D eigenvalue weighted by molar-refractivity contribution is -0.0121. The van der Waals surface area contributed by atoms with Crippen LogP contribution in [0.15, 0.2) is 12.1 Å². The van der Waals surface area contributed by atoms with Gasteiger partial charge in [0.25, 0.3) is 0 Å². The van der Waals surface area contributed by atoms with Crippen molar-refractivity contribution in [3.63, 3.8) is 0 Å². The number of carboxylic acids is 1. The van der Waals surface area contributed by atoms with Gasteiger partial charge in [0.1, 0.15) is 23.2 Å². The number of rotatable bonds is 9. The Bertz CT molecular complexity index is 736. The average molecular weight is 396 g/mol. The van der Waals surface area contributed by atoms with Crippen molar-refractivity contribution >= 4 is 13.1 Å². The van der Waals surface area contributed by atoms with E-state index in [9.17, 15) is 35.3 Å². The highest BCUT2D eigenvalue weighted by Crippen LogP contribution is 2.56. The van der Waals surface area contributed by atoms with Gasteiger partial charge in [0, 0.05) is 25.5 Å². The maximum Gasteiger partial charge on any atom is 0.455 e. The Morgan fingerprint density at radius 3 is 2.43 bits per heavy atom. The van der Waals surface area contributed by atoms with Gasteiger partial charge >= 0.3 is 13.1 Å². The smallest absolute Gasteiger partial charge is 0.455 e. The molecule has 1 saturated carbocycles. The molecule has 1 heterocycles. The standard InChI is InChI=1S/C17H25BN2O8/c19-17(7-21,8-22)6-20-4-9(5-20)28-13-2-1-10(11-3-12(11)18(26)27)15(23)14(13)16(24)25/h1-2,9,11-12,21-23,26-27H,3-8,19H2,(H,24,25)/t11?,12-/m0/s1. The number of ether oxygens (including phenoxy) is 1. The lowest BCUT2D eigenvalue weighted by Crippen LogP contribution is -2.63. The molecule has 11 heteroatoms. The fraction of sp³-hybridized carbons (Fsp3) is 0.588. The second-order valence-corrected chi connectivity index (χ2v) is 7.71. The molecule has 2 atom stereocenters. The first-order valence-corrected chi connectivity index (χ1v) is 9.04. The van der Waals surface area contributed by atoms with Crippen molar-refractivity contribution in [1.29, 1.82) is 0 Å². The molecule has 2 aliphatic rings. The van der Waals surface area contributed by atoms with Gasteiger partial charge in [-0.05, 0) is 24.0 Å². The number of hydrogen-bond donors (Lipinski definition) is 7. The van der Waals surface area contributed by atoms with Crippen molar-refractivity contribution in [3.8, 4) is 11.5 Å². The number of phenols is 1. The van der Waals surface area contributed by atoms with Crippen LogP contribution in [0.2, 0.25) is 5.82 Å². The van der Waals surface area contributed by atoms with Crippen molar-refractivity contribution in [1.82, 2.24) is 4.90 Å². The van der Waals surface area contributed by atoms with Gasteiger partial charge in [-0.1, -0.05) is 6.07 Å². The maximum absolute atomic E-state index is 11.6. The number of hydrogen-bond acceptors (Lipinski definition) is 9. The van der Waals surface area contributed by atoms with Crippen LogP contribution in [-0.4, -0.2) is 93.0 Å². The van der Waals surface area contributed by atoms with Crippen molar-refractivity contribution < 1.29 is 40.0 Å². The number of aliphatic hydroxyl groups excluding tert-OH is 2. The molecule has 0 amide bonds. The number of carboxylic acid groups (broad SMARTS) is 1. The maximum atomic E-state index is 11.6. The lowest BCUT2D eigenvalue weighted by Gasteiger charge is -2.43. The summed E-state index contributed by atoms with van der Waals surface area (Å²) < 4.78 is 5.72.